The van der Waals surface area contributed by atoms with E-state index in [0.29, 0.717) is 12.8 Å². The molecule has 130 valence electrons. The first-order valence-corrected chi connectivity index (χ1v) is 10.1. The van der Waals surface area contributed by atoms with Crippen molar-refractivity contribution in [2.24, 2.45) is 0 Å². The minimum Gasteiger partial charge on any atom is -0.297 e. The summed E-state index contributed by atoms with van der Waals surface area (Å²) in [5.41, 5.74) is 2.01. The highest BCUT2D eigenvalue weighted by molar-refractivity contribution is 7.89. The fraction of sp³-hybridized carbons (Fsp3) is 0.350. The molecule has 0 aliphatic carbocycles. The van der Waals surface area contributed by atoms with Gasteiger partial charge in [0.25, 0.3) is 0 Å². The first-order valence-electron chi connectivity index (χ1n) is 8.67. The predicted molar refractivity (Wildman–Crippen MR) is 95.8 cm³/mol. The number of fused-ring (bicyclic) bond motifs is 2. The average molecular weight is 355 g/mol. The predicted octanol–water partition coefficient (Wildman–Crippen LogP) is 3.27. The van der Waals surface area contributed by atoms with Crippen molar-refractivity contribution in [1.29, 1.82) is 0 Å². The molecule has 0 spiro atoms. The SMILES string of the molecule is Cc1ccc(S(=O)(=O)N2[C@H]3CC[C@@H]2C(=O)[C@@H](c2ccccc2)C3)cc1. The zero-order chi connectivity index (χ0) is 17.6. The molecule has 3 atom stereocenters. The van der Waals surface area contributed by atoms with Gasteiger partial charge in [-0.3, -0.25) is 4.79 Å². The summed E-state index contributed by atoms with van der Waals surface area (Å²) in [6.07, 6.45) is 1.95. The van der Waals surface area contributed by atoms with Crippen molar-refractivity contribution >= 4 is 15.8 Å². The zero-order valence-electron chi connectivity index (χ0n) is 14.1. The summed E-state index contributed by atoms with van der Waals surface area (Å²) in [5, 5.41) is 0. The quantitative estimate of drug-likeness (QED) is 0.849. The van der Waals surface area contributed by atoms with E-state index >= 15 is 0 Å². The molecule has 2 saturated heterocycles. The number of ketones is 1. The lowest BCUT2D eigenvalue weighted by Crippen LogP contribution is -2.51. The monoisotopic (exact) mass is 355 g/mol. The summed E-state index contributed by atoms with van der Waals surface area (Å²) >= 11 is 0. The van der Waals surface area contributed by atoms with Gasteiger partial charge in [-0.2, -0.15) is 4.31 Å². The van der Waals surface area contributed by atoms with Gasteiger partial charge in [0.2, 0.25) is 10.0 Å². The first-order chi connectivity index (χ1) is 12.0. The molecule has 0 unspecified atom stereocenters. The van der Waals surface area contributed by atoms with E-state index in [-0.39, 0.29) is 22.6 Å². The fourth-order valence-electron chi connectivity index (χ4n) is 4.15. The molecule has 2 heterocycles. The Balaban J connectivity index is 1.68. The number of nitrogens with zero attached hydrogens (tertiary/aromatic N) is 1. The van der Waals surface area contributed by atoms with Crippen molar-refractivity contribution < 1.29 is 13.2 Å². The molecule has 0 amide bonds. The topological polar surface area (TPSA) is 54.5 Å². The number of aryl methyl sites for hydroxylation is 1. The molecule has 2 aliphatic rings. The van der Waals surface area contributed by atoms with Gasteiger partial charge in [0.1, 0.15) is 0 Å². The van der Waals surface area contributed by atoms with Gasteiger partial charge in [-0.25, -0.2) is 8.42 Å². The van der Waals surface area contributed by atoms with Gasteiger partial charge in [0, 0.05) is 12.0 Å². The molecular weight excluding hydrogens is 334 g/mol. The Morgan fingerprint density at radius 2 is 1.64 bits per heavy atom. The normalized spacial score (nSPS) is 26.8. The number of carbonyl (C=O) groups is 1. The Bertz CT molecular complexity index is 890. The van der Waals surface area contributed by atoms with Crippen LogP contribution in [0.5, 0.6) is 0 Å². The molecule has 2 aliphatic heterocycles. The van der Waals surface area contributed by atoms with Gasteiger partial charge in [-0.05, 0) is 43.9 Å². The van der Waals surface area contributed by atoms with Crippen LogP contribution in [-0.4, -0.2) is 30.6 Å². The van der Waals surface area contributed by atoms with Crippen LogP contribution in [0.2, 0.25) is 0 Å². The smallest absolute Gasteiger partial charge is 0.243 e. The van der Waals surface area contributed by atoms with E-state index in [9.17, 15) is 13.2 Å². The van der Waals surface area contributed by atoms with Crippen molar-refractivity contribution in [2.45, 2.75) is 49.1 Å². The van der Waals surface area contributed by atoms with E-state index in [1.54, 1.807) is 24.3 Å². The second-order valence-electron chi connectivity index (χ2n) is 7.00. The maximum atomic E-state index is 13.1. The van der Waals surface area contributed by atoms with Crippen LogP contribution in [0.1, 0.15) is 36.3 Å². The van der Waals surface area contributed by atoms with Crippen LogP contribution >= 0.6 is 0 Å². The van der Waals surface area contributed by atoms with Crippen LogP contribution in [0.3, 0.4) is 0 Å². The van der Waals surface area contributed by atoms with E-state index in [0.717, 1.165) is 17.5 Å². The van der Waals surface area contributed by atoms with Crippen molar-refractivity contribution in [2.75, 3.05) is 0 Å². The summed E-state index contributed by atoms with van der Waals surface area (Å²) < 4.78 is 27.7. The Hall–Kier alpha value is -1.98. The number of hydrogen-bond acceptors (Lipinski definition) is 3. The van der Waals surface area contributed by atoms with Crippen molar-refractivity contribution in [1.82, 2.24) is 4.31 Å². The van der Waals surface area contributed by atoms with Crippen molar-refractivity contribution in [3.05, 3.63) is 65.7 Å². The van der Waals surface area contributed by atoms with Crippen molar-refractivity contribution in [3.63, 3.8) is 0 Å². The number of benzene rings is 2. The number of carbonyl (C=O) groups excluding carboxylic acids is 1. The van der Waals surface area contributed by atoms with Crippen LogP contribution in [-0.2, 0) is 14.8 Å². The molecule has 5 heteroatoms. The summed E-state index contributed by atoms with van der Waals surface area (Å²) in [7, 11) is -3.64. The summed E-state index contributed by atoms with van der Waals surface area (Å²) in [6, 6.07) is 16.0. The molecule has 25 heavy (non-hydrogen) atoms. The molecular formula is C20H21NO3S. The first kappa shape index (κ1) is 16.5. The Morgan fingerprint density at radius 1 is 0.960 bits per heavy atom. The Kier molecular flexibility index (Phi) is 4.01. The van der Waals surface area contributed by atoms with E-state index in [4.69, 9.17) is 0 Å². The maximum absolute atomic E-state index is 13.1. The number of piperidine rings is 1. The van der Waals surface area contributed by atoms with Gasteiger partial charge in [0.05, 0.1) is 10.9 Å². The van der Waals surface area contributed by atoms with Crippen LogP contribution in [0.15, 0.2) is 59.5 Å². The molecule has 2 fully saturated rings. The zero-order valence-corrected chi connectivity index (χ0v) is 14.9. The average Bonchev–Trinajstić information content (AvgIpc) is 2.97. The minimum atomic E-state index is -3.64. The van der Waals surface area contributed by atoms with Gasteiger partial charge >= 0.3 is 0 Å². The second kappa shape index (κ2) is 6.07. The molecule has 0 saturated carbocycles. The standard InChI is InChI=1S/C20H21NO3S/c1-14-7-10-17(11-8-14)25(23,24)21-16-9-12-19(21)20(22)18(13-16)15-5-3-2-4-6-15/h2-8,10-11,16,18-19H,9,12-13H2,1H3/t16-,18+,19+/m0/s1. The van der Waals surface area contributed by atoms with Crippen LogP contribution in [0.25, 0.3) is 0 Å². The third kappa shape index (κ3) is 2.71. The highest BCUT2D eigenvalue weighted by Crippen LogP contribution is 2.43. The molecule has 2 aromatic rings. The van der Waals surface area contributed by atoms with E-state index in [1.165, 1.54) is 4.31 Å². The summed E-state index contributed by atoms with van der Waals surface area (Å²) in [6.45, 7) is 1.93. The van der Waals surface area contributed by atoms with Gasteiger partial charge in [0.15, 0.2) is 5.78 Å². The molecule has 4 rings (SSSR count). The third-order valence-electron chi connectivity index (χ3n) is 5.42. The second-order valence-corrected chi connectivity index (χ2v) is 8.84. The molecule has 2 aromatic carbocycles. The third-order valence-corrected chi connectivity index (χ3v) is 7.39. The molecule has 0 N–H and O–H groups in total. The molecule has 4 nitrogen and oxygen atoms in total. The number of rotatable bonds is 3. The Labute approximate surface area is 148 Å². The largest absolute Gasteiger partial charge is 0.297 e. The minimum absolute atomic E-state index is 0.0376. The lowest BCUT2D eigenvalue weighted by molar-refractivity contribution is -0.126. The number of sulfonamides is 1. The van der Waals surface area contributed by atoms with Crippen LogP contribution < -0.4 is 0 Å². The van der Waals surface area contributed by atoms with E-state index < -0.39 is 16.1 Å². The van der Waals surface area contributed by atoms with Crippen molar-refractivity contribution in [3.8, 4) is 0 Å². The lowest BCUT2D eigenvalue weighted by atomic mass is 9.85. The highest BCUT2D eigenvalue weighted by Gasteiger charge is 2.52. The number of hydrogen-bond donors (Lipinski definition) is 0. The molecule has 0 aromatic heterocycles. The maximum Gasteiger partial charge on any atom is 0.243 e. The number of Topliss-reactive ketones (excluding diaryl/α,β-unsaturated/α-hetero) is 1. The van der Waals surface area contributed by atoms with E-state index in [1.807, 2.05) is 37.3 Å². The highest BCUT2D eigenvalue weighted by atomic mass is 32.2. The van der Waals surface area contributed by atoms with Crippen LogP contribution in [0, 0.1) is 6.92 Å². The van der Waals surface area contributed by atoms with Gasteiger partial charge in [-0.15, -0.1) is 0 Å². The van der Waals surface area contributed by atoms with E-state index in [2.05, 4.69) is 0 Å². The molecule has 2 bridgehead atoms. The lowest BCUT2D eigenvalue weighted by Gasteiger charge is -2.37. The Morgan fingerprint density at radius 3 is 2.32 bits per heavy atom. The summed E-state index contributed by atoms with van der Waals surface area (Å²) in [4.78, 5) is 13.3. The molecule has 0 radical (unpaired) electrons. The fourth-order valence-corrected chi connectivity index (χ4v) is 6.00. The summed E-state index contributed by atoms with van der Waals surface area (Å²) in [5.74, 6) is -0.154. The van der Waals surface area contributed by atoms with Gasteiger partial charge in [-0.1, -0.05) is 48.0 Å². The van der Waals surface area contributed by atoms with Gasteiger partial charge < -0.3 is 0 Å². The van der Waals surface area contributed by atoms with Crippen LogP contribution in [0.4, 0.5) is 0 Å².